The van der Waals surface area contributed by atoms with E-state index in [-0.39, 0.29) is 0 Å². The number of benzene rings is 1. The Morgan fingerprint density at radius 2 is 1.75 bits per heavy atom. The molecule has 108 valence electrons. The summed E-state index contributed by atoms with van der Waals surface area (Å²) in [5.41, 5.74) is 0.547. The van der Waals surface area contributed by atoms with Gasteiger partial charge in [0, 0.05) is 0 Å². The van der Waals surface area contributed by atoms with Gasteiger partial charge in [0.05, 0.1) is 17.6 Å². The van der Waals surface area contributed by atoms with Crippen LogP contribution in [0.1, 0.15) is 58.1 Å². The maximum absolute atomic E-state index is 10.7. The van der Waals surface area contributed by atoms with E-state index in [2.05, 4.69) is 26.8 Å². The van der Waals surface area contributed by atoms with Gasteiger partial charge < -0.3 is 5.11 Å². The second kappa shape index (κ2) is 5.58. The van der Waals surface area contributed by atoms with Crippen LogP contribution in [0.3, 0.4) is 0 Å². The summed E-state index contributed by atoms with van der Waals surface area (Å²) in [7, 11) is 0. The summed E-state index contributed by atoms with van der Waals surface area (Å²) in [6, 6.07) is 12.0. The van der Waals surface area contributed by atoms with E-state index in [0.717, 1.165) is 31.2 Å². The van der Waals surface area contributed by atoms with Gasteiger partial charge in [-0.25, -0.2) is 0 Å². The van der Waals surface area contributed by atoms with Crippen molar-refractivity contribution in [1.82, 2.24) is 0 Å². The molecule has 0 heterocycles. The summed E-state index contributed by atoms with van der Waals surface area (Å²) in [6.45, 7) is 6.81. The predicted octanol–water partition coefficient (Wildman–Crippen LogP) is 4.47. The molecule has 1 aliphatic rings. The van der Waals surface area contributed by atoms with Crippen molar-refractivity contribution in [2.75, 3.05) is 0 Å². The average molecular weight is 271 g/mol. The summed E-state index contributed by atoms with van der Waals surface area (Å²) in [5, 5.41) is 20.3. The topological polar surface area (TPSA) is 44.0 Å². The first-order chi connectivity index (χ1) is 9.39. The molecule has 1 saturated carbocycles. The van der Waals surface area contributed by atoms with Crippen LogP contribution < -0.4 is 0 Å². The van der Waals surface area contributed by atoms with Crippen molar-refractivity contribution in [3.05, 3.63) is 35.9 Å². The predicted molar refractivity (Wildman–Crippen MR) is 80.9 cm³/mol. The summed E-state index contributed by atoms with van der Waals surface area (Å²) >= 11 is 0. The molecule has 0 spiro atoms. The minimum absolute atomic E-state index is 0.291. The van der Waals surface area contributed by atoms with E-state index < -0.39 is 11.5 Å². The van der Waals surface area contributed by atoms with Crippen LogP contribution in [0.15, 0.2) is 30.3 Å². The summed E-state index contributed by atoms with van der Waals surface area (Å²) < 4.78 is 0. The molecule has 20 heavy (non-hydrogen) atoms. The number of hydrogen-bond donors (Lipinski definition) is 1. The number of aliphatic hydroxyl groups excluding tert-OH is 1. The normalized spacial score (nSPS) is 28.6. The van der Waals surface area contributed by atoms with Crippen LogP contribution in [-0.4, -0.2) is 5.11 Å². The summed E-state index contributed by atoms with van der Waals surface area (Å²) in [6.07, 6.45) is 2.97. The Morgan fingerprint density at radius 3 is 2.20 bits per heavy atom. The van der Waals surface area contributed by atoms with Crippen LogP contribution in [0.2, 0.25) is 0 Å². The fourth-order valence-electron chi connectivity index (χ4n) is 3.40. The highest BCUT2D eigenvalue weighted by molar-refractivity contribution is 5.23. The monoisotopic (exact) mass is 271 g/mol. The van der Waals surface area contributed by atoms with E-state index in [0.29, 0.717) is 11.3 Å². The Bertz CT molecular complexity index is 472. The third-order valence-corrected chi connectivity index (χ3v) is 4.96. The van der Waals surface area contributed by atoms with Gasteiger partial charge in [0.15, 0.2) is 0 Å². The Morgan fingerprint density at radius 1 is 1.20 bits per heavy atom. The molecule has 0 aromatic heterocycles. The van der Waals surface area contributed by atoms with Crippen molar-refractivity contribution in [3.63, 3.8) is 0 Å². The number of rotatable bonds is 2. The molecule has 0 aliphatic heterocycles. The van der Waals surface area contributed by atoms with E-state index >= 15 is 0 Å². The Labute approximate surface area is 122 Å². The molecule has 2 nitrogen and oxygen atoms in total. The summed E-state index contributed by atoms with van der Waals surface area (Å²) in [4.78, 5) is 0. The largest absolute Gasteiger partial charge is 0.387 e. The molecule has 1 aliphatic carbocycles. The average Bonchev–Trinajstić information content (AvgIpc) is 2.46. The molecule has 1 N–H and O–H groups in total. The smallest absolute Gasteiger partial charge is 0.0976 e. The quantitative estimate of drug-likeness (QED) is 0.862. The molecular weight excluding hydrogens is 246 g/mol. The lowest BCUT2D eigenvalue weighted by Crippen LogP contribution is -2.35. The Kier molecular flexibility index (Phi) is 4.20. The van der Waals surface area contributed by atoms with Crippen LogP contribution in [0.5, 0.6) is 0 Å². The van der Waals surface area contributed by atoms with E-state index in [1.165, 1.54) is 0 Å². The van der Waals surface area contributed by atoms with Gasteiger partial charge in [-0.3, -0.25) is 0 Å². The molecule has 2 heteroatoms. The standard InChI is InChI=1S/C18H25NO/c1-17(2,3)15-9-11-18(13-19,12-10-15)16(20)14-7-5-4-6-8-14/h4-8,15-16,20H,9-12H2,1-3H3. The highest BCUT2D eigenvalue weighted by Crippen LogP contribution is 2.50. The molecule has 1 fully saturated rings. The number of nitrogens with zero attached hydrogens (tertiary/aromatic N) is 1. The van der Waals surface area contributed by atoms with Gasteiger partial charge in [-0.15, -0.1) is 0 Å². The zero-order valence-corrected chi connectivity index (χ0v) is 12.8. The molecule has 1 aromatic carbocycles. The van der Waals surface area contributed by atoms with Crippen molar-refractivity contribution in [3.8, 4) is 6.07 Å². The molecule has 0 amide bonds. The minimum Gasteiger partial charge on any atom is -0.387 e. The van der Waals surface area contributed by atoms with Gasteiger partial charge in [-0.2, -0.15) is 5.26 Å². The first-order valence-corrected chi connectivity index (χ1v) is 7.53. The van der Waals surface area contributed by atoms with Gasteiger partial charge in [0.2, 0.25) is 0 Å². The van der Waals surface area contributed by atoms with Crippen LogP contribution >= 0.6 is 0 Å². The van der Waals surface area contributed by atoms with Gasteiger partial charge in [0.1, 0.15) is 0 Å². The first kappa shape index (κ1) is 15.1. The first-order valence-electron chi connectivity index (χ1n) is 7.53. The Hall–Kier alpha value is -1.33. The molecule has 0 radical (unpaired) electrons. The van der Waals surface area contributed by atoms with Crippen LogP contribution in [0, 0.1) is 28.1 Å². The van der Waals surface area contributed by atoms with Crippen LogP contribution in [-0.2, 0) is 0 Å². The number of nitriles is 1. The molecule has 1 unspecified atom stereocenters. The highest BCUT2D eigenvalue weighted by Gasteiger charge is 2.44. The van der Waals surface area contributed by atoms with Gasteiger partial charge >= 0.3 is 0 Å². The summed E-state index contributed by atoms with van der Waals surface area (Å²) in [5.74, 6) is 0.645. The van der Waals surface area contributed by atoms with Crippen molar-refractivity contribution in [2.45, 2.75) is 52.6 Å². The lowest BCUT2D eigenvalue weighted by atomic mass is 9.62. The van der Waals surface area contributed by atoms with E-state index in [1.54, 1.807) is 0 Å². The second-order valence-electron chi connectivity index (χ2n) is 7.22. The molecule has 0 bridgehead atoms. The SMILES string of the molecule is CC(C)(C)C1CCC(C#N)(C(O)c2ccccc2)CC1. The number of aliphatic hydroxyl groups is 1. The molecule has 0 saturated heterocycles. The van der Waals surface area contributed by atoms with Crippen molar-refractivity contribution < 1.29 is 5.11 Å². The molecular formula is C18H25NO. The van der Waals surface area contributed by atoms with Gasteiger partial charge in [-0.1, -0.05) is 51.1 Å². The molecule has 2 rings (SSSR count). The lowest BCUT2D eigenvalue weighted by Gasteiger charge is -2.42. The van der Waals surface area contributed by atoms with Crippen molar-refractivity contribution in [2.24, 2.45) is 16.7 Å². The second-order valence-corrected chi connectivity index (χ2v) is 7.22. The Balaban J connectivity index is 2.16. The third-order valence-electron chi connectivity index (χ3n) is 4.96. The zero-order valence-electron chi connectivity index (χ0n) is 12.8. The maximum Gasteiger partial charge on any atom is 0.0976 e. The maximum atomic E-state index is 10.7. The number of hydrogen-bond acceptors (Lipinski definition) is 2. The molecule has 1 aromatic rings. The fraction of sp³-hybridized carbons (Fsp3) is 0.611. The van der Waals surface area contributed by atoms with E-state index in [4.69, 9.17) is 0 Å². The fourth-order valence-corrected chi connectivity index (χ4v) is 3.40. The zero-order chi connectivity index (χ0) is 14.8. The van der Waals surface area contributed by atoms with Gasteiger partial charge in [0.25, 0.3) is 0 Å². The van der Waals surface area contributed by atoms with Gasteiger partial charge in [-0.05, 0) is 42.6 Å². The van der Waals surface area contributed by atoms with Crippen molar-refractivity contribution >= 4 is 0 Å². The molecule has 1 atom stereocenters. The highest BCUT2D eigenvalue weighted by atomic mass is 16.3. The minimum atomic E-state index is -0.672. The van der Waals surface area contributed by atoms with Crippen LogP contribution in [0.25, 0.3) is 0 Å². The van der Waals surface area contributed by atoms with Crippen LogP contribution in [0.4, 0.5) is 0 Å². The van der Waals surface area contributed by atoms with E-state index in [1.807, 2.05) is 30.3 Å². The van der Waals surface area contributed by atoms with E-state index in [9.17, 15) is 10.4 Å². The lowest BCUT2D eigenvalue weighted by molar-refractivity contribution is 0.00842. The third kappa shape index (κ3) is 2.88. The van der Waals surface area contributed by atoms with Crippen molar-refractivity contribution in [1.29, 1.82) is 5.26 Å².